The van der Waals surface area contributed by atoms with Gasteiger partial charge in [0.2, 0.25) is 11.9 Å². The topological polar surface area (TPSA) is 103 Å². The van der Waals surface area contributed by atoms with Crippen molar-refractivity contribution in [2.24, 2.45) is 14.1 Å². The number of anilines is 1. The van der Waals surface area contributed by atoms with Crippen LogP contribution in [0.1, 0.15) is 31.7 Å². The van der Waals surface area contributed by atoms with Crippen molar-refractivity contribution >= 4 is 34.6 Å². The summed E-state index contributed by atoms with van der Waals surface area (Å²) in [4.78, 5) is 41.6. The number of hydrogen-bond acceptors (Lipinski definition) is 5. The number of aryl methyl sites for hydroxylation is 1. The van der Waals surface area contributed by atoms with E-state index in [1.54, 1.807) is 17.7 Å². The van der Waals surface area contributed by atoms with E-state index in [1.807, 2.05) is 25.1 Å². The molecule has 0 atom stereocenters. The highest BCUT2D eigenvalue weighted by Crippen LogP contribution is 2.21. The van der Waals surface area contributed by atoms with E-state index in [0.717, 1.165) is 23.0 Å². The standard InChI is InChI=1S/C21H27ClN6O3/c1-4-5-10-16(29)23-11-12-24-20-25-18-17(19(30)27(3)21(31)26(18)2)28(20)13-14-8-6-7-9-15(14)22/h6-9H,4-5,10-13H2,1-3H3,(H,23,29)(H,24,25). The first-order chi connectivity index (χ1) is 14.8. The zero-order valence-electron chi connectivity index (χ0n) is 17.9. The molecule has 1 aromatic carbocycles. The van der Waals surface area contributed by atoms with Gasteiger partial charge < -0.3 is 10.6 Å². The Morgan fingerprint density at radius 1 is 1.13 bits per heavy atom. The normalized spacial score (nSPS) is 11.1. The molecule has 0 radical (unpaired) electrons. The SMILES string of the molecule is CCCCC(=O)NCCNc1nc2c(c(=O)n(C)c(=O)n2C)n1Cc1ccccc1Cl. The first-order valence-corrected chi connectivity index (χ1v) is 10.6. The monoisotopic (exact) mass is 446 g/mol. The number of unbranched alkanes of at least 4 members (excludes halogenated alkanes) is 1. The number of carbonyl (C=O) groups is 1. The Bertz CT molecular complexity index is 1210. The van der Waals surface area contributed by atoms with Crippen molar-refractivity contribution in [3.05, 3.63) is 55.7 Å². The van der Waals surface area contributed by atoms with Gasteiger partial charge in [-0.05, 0) is 18.1 Å². The highest BCUT2D eigenvalue weighted by atomic mass is 35.5. The Kier molecular flexibility index (Phi) is 7.17. The minimum atomic E-state index is -0.449. The summed E-state index contributed by atoms with van der Waals surface area (Å²) in [6.45, 7) is 3.16. The maximum atomic E-state index is 12.9. The van der Waals surface area contributed by atoms with Gasteiger partial charge >= 0.3 is 5.69 Å². The van der Waals surface area contributed by atoms with Crippen LogP contribution in [0.2, 0.25) is 5.02 Å². The van der Waals surface area contributed by atoms with Crippen LogP contribution in [0.4, 0.5) is 5.95 Å². The summed E-state index contributed by atoms with van der Waals surface area (Å²) in [6, 6.07) is 7.36. The first kappa shape index (κ1) is 22.6. The van der Waals surface area contributed by atoms with Crippen LogP contribution < -0.4 is 21.9 Å². The molecule has 31 heavy (non-hydrogen) atoms. The second-order valence-electron chi connectivity index (χ2n) is 7.37. The van der Waals surface area contributed by atoms with Crippen molar-refractivity contribution in [3.8, 4) is 0 Å². The van der Waals surface area contributed by atoms with Gasteiger partial charge in [0, 0.05) is 38.6 Å². The van der Waals surface area contributed by atoms with Crippen molar-refractivity contribution in [2.75, 3.05) is 18.4 Å². The summed E-state index contributed by atoms with van der Waals surface area (Å²) in [7, 11) is 3.02. The van der Waals surface area contributed by atoms with Gasteiger partial charge in [-0.1, -0.05) is 43.1 Å². The van der Waals surface area contributed by atoms with Gasteiger partial charge in [0.05, 0.1) is 6.54 Å². The van der Waals surface area contributed by atoms with Gasteiger partial charge in [-0.3, -0.25) is 23.3 Å². The van der Waals surface area contributed by atoms with E-state index in [1.165, 1.54) is 11.6 Å². The number of carbonyl (C=O) groups excluding carboxylic acids is 1. The zero-order valence-corrected chi connectivity index (χ0v) is 18.7. The van der Waals surface area contributed by atoms with Gasteiger partial charge in [-0.2, -0.15) is 4.98 Å². The van der Waals surface area contributed by atoms with E-state index >= 15 is 0 Å². The molecule has 0 saturated carbocycles. The molecule has 0 spiro atoms. The van der Waals surface area contributed by atoms with Crippen LogP contribution in [0.3, 0.4) is 0 Å². The maximum Gasteiger partial charge on any atom is 0.332 e. The second-order valence-corrected chi connectivity index (χ2v) is 7.78. The third-order valence-corrected chi connectivity index (χ3v) is 5.49. The molecule has 0 bridgehead atoms. The molecule has 0 aliphatic rings. The Labute approximate surface area is 184 Å². The molecule has 2 aromatic heterocycles. The van der Waals surface area contributed by atoms with Gasteiger partial charge in [0.25, 0.3) is 5.56 Å². The summed E-state index contributed by atoms with van der Waals surface area (Å²) in [6.07, 6.45) is 2.31. The molecule has 10 heteroatoms. The lowest BCUT2D eigenvalue weighted by Crippen LogP contribution is -2.37. The highest BCUT2D eigenvalue weighted by molar-refractivity contribution is 6.31. The van der Waals surface area contributed by atoms with Crippen LogP contribution >= 0.6 is 11.6 Å². The van der Waals surface area contributed by atoms with Crippen LogP contribution in [0.25, 0.3) is 11.2 Å². The fourth-order valence-corrected chi connectivity index (χ4v) is 3.53. The lowest BCUT2D eigenvalue weighted by atomic mass is 10.2. The molecule has 0 saturated heterocycles. The minimum Gasteiger partial charge on any atom is -0.354 e. The maximum absolute atomic E-state index is 12.9. The lowest BCUT2D eigenvalue weighted by Gasteiger charge is -2.12. The van der Waals surface area contributed by atoms with Crippen LogP contribution in [0.15, 0.2) is 33.9 Å². The number of imidazole rings is 1. The molecule has 9 nitrogen and oxygen atoms in total. The molecule has 166 valence electrons. The van der Waals surface area contributed by atoms with E-state index in [-0.39, 0.29) is 11.6 Å². The number of nitrogens with zero attached hydrogens (tertiary/aromatic N) is 4. The molecule has 1 amide bonds. The number of benzene rings is 1. The number of amides is 1. The highest BCUT2D eigenvalue weighted by Gasteiger charge is 2.19. The largest absolute Gasteiger partial charge is 0.354 e. The molecule has 3 aromatic rings. The van der Waals surface area contributed by atoms with Crippen molar-refractivity contribution in [2.45, 2.75) is 32.7 Å². The average Bonchev–Trinajstić information content (AvgIpc) is 3.12. The van der Waals surface area contributed by atoms with E-state index in [2.05, 4.69) is 15.6 Å². The number of fused-ring (bicyclic) bond motifs is 1. The van der Waals surface area contributed by atoms with Crippen molar-refractivity contribution in [3.63, 3.8) is 0 Å². The number of hydrogen-bond donors (Lipinski definition) is 2. The molecular weight excluding hydrogens is 420 g/mol. The summed E-state index contributed by atoms with van der Waals surface area (Å²) >= 11 is 6.34. The molecule has 0 fully saturated rings. The van der Waals surface area contributed by atoms with Gasteiger partial charge in [0.1, 0.15) is 0 Å². The molecule has 2 heterocycles. The molecule has 0 unspecified atom stereocenters. The lowest BCUT2D eigenvalue weighted by molar-refractivity contribution is -0.121. The van der Waals surface area contributed by atoms with E-state index in [0.29, 0.717) is 42.5 Å². The summed E-state index contributed by atoms with van der Waals surface area (Å²) in [5.41, 5.74) is 0.525. The van der Waals surface area contributed by atoms with E-state index < -0.39 is 11.2 Å². The summed E-state index contributed by atoms with van der Waals surface area (Å²) < 4.78 is 4.12. The second kappa shape index (κ2) is 9.82. The molecular formula is C21H27ClN6O3. The molecule has 0 aliphatic carbocycles. The average molecular weight is 447 g/mol. The van der Waals surface area contributed by atoms with Gasteiger partial charge in [-0.15, -0.1) is 0 Å². The third-order valence-electron chi connectivity index (χ3n) is 5.12. The van der Waals surface area contributed by atoms with E-state index in [4.69, 9.17) is 11.6 Å². The summed E-state index contributed by atoms with van der Waals surface area (Å²) in [5.74, 6) is 0.431. The number of halogens is 1. The van der Waals surface area contributed by atoms with Crippen LogP contribution in [-0.4, -0.2) is 37.7 Å². The zero-order chi connectivity index (χ0) is 22.5. The fourth-order valence-electron chi connectivity index (χ4n) is 3.33. The number of rotatable bonds is 9. The smallest absolute Gasteiger partial charge is 0.332 e. The Hall–Kier alpha value is -3.07. The third kappa shape index (κ3) is 4.82. The first-order valence-electron chi connectivity index (χ1n) is 10.2. The minimum absolute atomic E-state index is 0.00415. The van der Waals surface area contributed by atoms with Crippen molar-refractivity contribution in [1.29, 1.82) is 0 Å². The Morgan fingerprint density at radius 3 is 2.58 bits per heavy atom. The predicted octanol–water partition coefficient (Wildman–Crippen LogP) is 1.85. The van der Waals surface area contributed by atoms with Crippen molar-refractivity contribution < 1.29 is 4.79 Å². The van der Waals surface area contributed by atoms with Crippen molar-refractivity contribution in [1.82, 2.24) is 24.0 Å². The molecule has 2 N–H and O–H groups in total. The van der Waals surface area contributed by atoms with Gasteiger partial charge in [0.15, 0.2) is 11.2 Å². The fraction of sp³-hybridized carbons (Fsp3) is 0.429. The predicted molar refractivity (Wildman–Crippen MR) is 122 cm³/mol. The number of nitrogens with one attached hydrogen (secondary N) is 2. The van der Waals surface area contributed by atoms with Gasteiger partial charge in [-0.25, -0.2) is 4.79 Å². The van der Waals surface area contributed by atoms with Crippen LogP contribution in [0, 0.1) is 0 Å². The quantitative estimate of drug-likeness (QED) is 0.488. The Balaban J connectivity index is 1.94. The molecule has 0 aliphatic heterocycles. The Morgan fingerprint density at radius 2 is 1.87 bits per heavy atom. The number of aromatic nitrogens is 4. The van der Waals surface area contributed by atoms with Crippen LogP contribution in [-0.2, 0) is 25.4 Å². The van der Waals surface area contributed by atoms with E-state index in [9.17, 15) is 14.4 Å². The summed E-state index contributed by atoms with van der Waals surface area (Å²) in [5, 5.41) is 6.61. The molecule has 3 rings (SSSR count). The van der Waals surface area contributed by atoms with Crippen LogP contribution in [0.5, 0.6) is 0 Å².